The van der Waals surface area contributed by atoms with E-state index in [1.807, 2.05) is 6.92 Å². The van der Waals surface area contributed by atoms with Crippen LogP contribution >= 0.6 is 0 Å². The summed E-state index contributed by atoms with van der Waals surface area (Å²) in [5, 5.41) is 8.98. The van der Waals surface area contributed by atoms with E-state index in [1.54, 1.807) is 7.11 Å². The van der Waals surface area contributed by atoms with Gasteiger partial charge in [-0.1, -0.05) is 13.8 Å². The second-order valence-corrected chi connectivity index (χ2v) is 3.87. The number of methoxy groups -OCH3 is 1. The molecule has 3 nitrogen and oxygen atoms in total. The molecule has 0 heterocycles. The maximum Gasteiger partial charge on any atom is 0.0612 e. The van der Waals surface area contributed by atoms with E-state index in [0.717, 1.165) is 6.42 Å². The minimum atomic E-state index is -0.127. The third-order valence-corrected chi connectivity index (χ3v) is 3.22. The molecule has 0 aromatic carbocycles. The highest BCUT2D eigenvalue weighted by molar-refractivity contribution is 4.89. The summed E-state index contributed by atoms with van der Waals surface area (Å²) in [6, 6.07) is 0.0783. The minimum absolute atomic E-state index is 0.0783. The monoisotopic (exact) mass is 189 g/mol. The highest BCUT2D eigenvalue weighted by Gasteiger charge is 2.36. The van der Waals surface area contributed by atoms with Crippen LogP contribution in [0, 0.1) is 5.41 Å². The summed E-state index contributed by atoms with van der Waals surface area (Å²) in [6.45, 7) is 6.30. The molecule has 0 aliphatic heterocycles. The van der Waals surface area contributed by atoms with Crippen LogP contribution < -0.4 is 5.73 Å². The first-order valence-electron chi connectivity index (χ1n) is 4.92. The fraction of sp³-hybridized carbons (Fsp3) is 1.00. The van der Waals surface area contributed by atoms with Gasteiger partial charge in [0, 0.05) is 25.2 Å². The Morgan fingerprint density at radius 1 is 1.54 bits per heavy atom. The molecule has 3 heteroatoms. The lowest BCUT2D eigenvalue weighted by Crippen LogP contribution is -2.47. The average Bonchev–Trinajstić information content (AvgIpc) is 2.15. The zero-order valence-electron chi connectivity index (χ0n) is 9.21. The van der Waals surface area contributed by atoms with Gasteiger partial charge in [0.1, 0.15) is 0 Å². The van der Waals surface area contributed by atoms with E-state index in [1.165, 1.54) is 0 Å². The van der Waals surface area contributed by atoms with Crippen molar-refractivity contribution in [3.05, 3.63) is 0 Å². The highest BCUT2D eigenvalue weighted by atomic mass is 16.5. The van der Waals surface area contributed by atoms with Gasteiger partial charge in [0.05, 0.1) is 6.10 Å². The van der Waals surface area contributed by atoms with Crippen LogP contribution in [0.4, 0.5) is 0 Å². The standard InChI is InChI=1S/C10H23NO2/c1-5-9(11)10(3,6-7-12)8(2)13-4/h8-9,12H,5-7,11H2,1-4H3. The highest BCUT2D eigenvalue weighted by Crippen LogP contribution is 2.32. The molecule has 0 radical (unpaired) electrons. The van der Waals surface area contributed by atoms with E-state index in [2.05, 4.69) is 13.8 Å². The Labute approximate surface area is 81.3 Å². The summed E-state index contributed by atoms with van der Waals surface area (Å²) in [4.78, 5) is 0. The number of ether oxygens (including phenoxy) is 1. The number of rotatable bonds is 6. The van der Waals surface area contributed by atoms with E-state index in [0.29, 0.717) is 6.42 Å². The van der Waals surface area contributed by atoms with Crippen LogP contribution in [0.15, 0.2) is 0 Å². The Hall–Kier alpha value is -0.120. The number of nitrogens with two attached hydrogens (primary N) is 1. The predicted octanol–water partition coefficient (Wildman–Crippen LogP) is 1.15. The summed E-state index contributed by atoms with van der Waals surface area (Å²) in [6.07, 6.45) is 1.68. The van der Waals surface area contributed by atoms with Crippen molar-refractivity contribution in [1.82, 2.24) is 0 Å². The molecule has 0 fully saturated rings. The van der Waals surface area contributed by atoms with E-state index in [4.69, 9.17) is 15.6 Å². The Kier molecular flexibility index (Phi) is 5.53. The van der Waals surface area contributed by atoms with Gasteiger partial charge in [-0.15, -0.1) is 0 Å². The van der Waals surface area contributed by atoms with E-state index in [-0.39, 0.29) is 24.2 Å². The van der Waals surface area contributed by atoms with Gasteiger partial charge >= 0.3 is 0 Å². The smallest absolute Gasteiger partial charge is 0.0612 e. The van der Waals surface area contributed by atoms with Crippen molar-refractivity contribution in [2.75, 3.05) is 13.7 Å². The van der Waals surface area contributed by atoms with Gasteiger partial charge in [-0.2, -0.15) is 0 Å². The van der Waals surface area contributed by atoms with E-state index in [9.17, 15) is 0 Å². The number of aliphatic hydroxyl groups is 1. The van der Waals surface area contributed by atoms with E-state index < -0.39 is 0 Å². The molecule has 0 amide bonds. The van der Waals surface area contributed by atoms with Gasteiger partial charge in [0.2, 0.25) is 0 Å². The van der Waals surface area contributed by atoms with Crippen molar-refractivity contribution in [1.29, 1.82) is 0 Å². The van der Waals surface area contributed by atoms with Gasteiger partial charge in [-0.3, -0.25) is 0 Å². The maximum atomic E-state index is 8.98. The second kappa shape index (κ2) is 5.58. The normalized spacial score (nSPS) is 20.8. The molecule has 80 valence electrons. The fourth-order valence-corrected chi connectivity index (χ4v) is 1.67. The molecule has 13 heavy (non-hydrogen) atoms. The van der Waals surface area contributed by atoms with Crippen LogP contribution in [0.3, 0.4) is 0 Å². The first kappa shape index (κ1) is 12.9. The van der Waals surface area contributed by atoms with Crippen molar-refractivity contribution >= 4 is 0 Å². The van der Waals surface area contributed by atoms with Crippen LogP contribution in [0.5, 0.6) is 0 Å². The van der Waals surface area contributed by atoms with Crippen molar-refractivity contribution in [3.63, 3.8) is 0 Å². The molecule has 0 saturated heterocycles. The first-order valence-corrected chi connectivity index (χ1v) is 4.92. The Morgan fingerprint density at radius 2 is 2.08 bits per heavy atom. The minimum Gasteiger partial charge on any atom is -0.396 e. The van der Waals surface area contributed by atoms with Gasteiger partial charge in [-0.25, -0.2) is 0 Å². The summed E-state index contributed by atoms with van der Waals surface area (Å²) in [7, 11) is 1.68. The van der Waals surface area contributed by atoms with Gasteiger partial charge in [-0.05, 0) is 19.8 Å². The summed E-state index contributed by atoms with van der Waals surface area (Å²) >= 11 is 0. The number of aliphatic hydroxyl groups excluding tert-OH is 1. The zero-order valence-corrected chi connectivity index (χ0v) is 9.21. The lowest BCUT2D eigenvalue weighted by molar-refractivity contribution is -0.0195. The van der Waals surface area contributed by atoms with Crippen LogP contribution in [0.1, 0.15) is 33.6 Å². The second-order valence-electron chi connectivity index (χ2n) is 3.87. The Bertz CT molecular complexity index is 129. The van der Waals surface area contributed by atoms with Gasteiger partial charge in [0.25, 0.3) is 0 Å². The van der Waals surface area contributed by atoms with Crippen LogP contribution in [-0.2, 0) is 4.74 Å². The lowest BCUT2D eigenvalue weighted by Gasteiger charge is -2.39. The molecule has 0 aliphatic carbocycles. The number of hydrogen-bond donors (Lipinski definition) is 2. The topological polar surface area (TPSA) is 55.5 Å². The summed E-state index contributed by atoms with van der Waals surface area (Å²) in [5.74, 6) is 0. The third kappa shape index (κ3) is 2.93. The lowest BCUT2D eigenvalue weighted by atomic mass is 9.74. The molecule has 3 unspecified atom stereocenters. The molecule has 0 saturated carbocycles. The van der Waals surface area contributed by atoms with Crippen molar-refractivity contribution in [2.24, 2.45) is 11.1 Å². The molecule has 0 aromatic heterocycles. The molecule has 0 aliphatic rings. The Balaban J connectivity index is 4.50. The summed E-state index contributed by atoms with van der Waals surface area (Å²) < 4.78 is 5.30. The third-order valence-electron chi connectivity index (χ3n) is 3.22. The molecule has 0 aromatic rings. The van der Waals surface area contributed by atoms with E-state index >= 15 is 0 Å². The zero-order chi connectivity index (χ0) is 10.5. The van der Waals surface area contributed by atoms with Crippen molar-refractivity contribution in [3.8, 4) is 0 Å². The molecular weight excluding hydrogens is 166 g/mol. The quantitative estimate of drug-likeness (QED) is 0.659. The SMILES string of the molecule is CCC(N)C(C)(CCO)C(C)OC. The molecule has 0 spiro atoms. The largest absolute Gasteiger partial charge is 0.396 e. The molecule has 0 rings (SSSR count). The Morgan fingerprint density at radius 3 is 2.38 bits per heavy atom. The van der Waals surface area contributed by atoms with Crippen LogP contribution in [-0.4, -0.2) is 31.0 Å². The van der Waals surface area contributed by atoms with Crippen molar-refractivity contribution < 1.29 is 9.84 Å². The first-order chi connectivity index (χ1) is 6.02. The molecule has 3 N–H and O–H groups in total. The van der Waals surface area contributed by atoms with Crippen molar-refractivity contribution in [2.45, 2.75) is 45.8 Å². The van der Waals surface area contributed by atoms with Crippen LogP contribution in [0.25, 0.3) is 0 Å². The maximum absolute atomic E-state index is 8.98. The fourth-order valence-electron chi connectivity index (χ4n) is 1.67. The number of hydrogen-bond acceptors (Lipinski definition) is 3. The van der Waals surface area contributed by atoms with Crippen LogP contribution in [0.2, 0.25) is 0 Å². The van der Waals surface area contributed by atoms with Gasteiger partial charge < -0.3 is 15.6 Å². The summed E-state index contributed by atoms with van der Waals surface area (Å²) in [5.41, 5.74) is 5.90. The molecule has 0 bridgehead atoms. The molecule has 3 atom stereocenters. The van der Waals surface area contributed by atoms with Gasteiger partial charge in [0.15, 0.2) is 0 Å². The predicted molar refractivity (Wildman–Crippen MR) is 54.5 cm³/mol. The average molecular weight is 189 g/mol. The molecular formula is C10H23NO2.